The Kier molecular flexibility index (Phi) is 5.29. The van der Waals surface area contributed by atoms with Gasteiger partial charge in [0, 0.05) is 6.42 Å². The van der Waals surface area contributed by atoms with Gasteiger partial charge in [0.15, 0.2) is 0 Å². The molecule has 94 valence electrons. The van der Waals surface area contributed by atoms with Crippen LogP contribution in [0.25, 0.3) is 0 Å². The lowest BCUT2D eigenvalue weighted by Crippen LogP contribution is -2.29. The van der Waals surface area contributed by atoms with Gasteiger partial charge in [0.2, 0.25) is 5.91 Å². The van der Waals surface area contributed by atoms with Gasteiger partial charge in [-0.15, -0.1) is 0 Å². The van der Waals surface area contributed by atoms with Gasteiger partial charge in [0.05, 0.1) is 14.2 Å². The summed E-state index contributed by atoms with van der Waals surface area (Å²) in [6.45, 7) is 0. The van der Waals surface area contributed by atoms with Crippen molar-refractivity contribution in [1.82, 2.24) is 5.43 Å². The second-order valence-corrected chi connectivity index (χ2v) is 3.60. The van der Waals surface area contributed by atoms with Crippen LogP contribution in [-0.4, -0.2) is 20.1 Å². The number of hydrogen-bond donors (Lipinski definition) is 2. The number of ether oxygens (including phenoxy) is 2. The Morgan fingerprint density at radius 1 is 1.35 bits per heavy atom. The molecule has 1 rings (SSSR count). The zero-order valence-electron chi connectivity index (χ0n) is 10.2. The molecule has 0 saturated heterocycles. The van der Waals surface area contributed by atoms with E-state index in [1.807, 2.05) is 18.2 Å². The average molecular weight is 238 g/mol. The molecule has 0 heterocycles. The highest BCUT2D eigenvalue weighted by Gasteiger charge is 2.06. The van der Waals surface area contributed by atoms with Crippen molar-refractivity contribution in [2.45, 2.75) is 19.3 Å². The summed E-state index contributed by atoms with van der Waals surface area (Å²) in [5.41, 5.74) is 3.13. The highest BCUT2D eigenvalue weighted by molar-refractivity contribution is 5.75. The van der Waals surface area contributed by atoms with Gasteiger partial charge in [-0.2, -0.15) is 0 Å². The monoisotopic (exact) mass is 238 g/mol. The predicted molar refractivity (Wildman–Crippen MR) is 64.8 cm³/mol. The second-order valence-electron chi connectivity index (χ2n) is 3.60. The lowest BCUT2D eigenvalue weighted by atomic mass is 10.1. The van der Waals surface area contributed by atoms with Crippen LogP contribution in [0.15, 0.2) is 18.2 Å². The molecule has 1 aromatic rings. The van der Waals surface area contributed by atoms with Crippen LogP contribution in [-0.2, 0) is 11.2 Å². The highest BCUT2D eigenvalue weighted by atomic mass is 16.5. The quantitative estimate of drug-likeness (QED) is 0.441. The maximum atomic E-state index is 11.0. The van der Waals surface area contributed by atoms with Gasteiger partial charge in [-0.3, -0.25) is 10.2 Å². The van der Waals surface area contributed by atoms with E-state index in [0.717, 1.165) is 23.5 Å². The zero-order chi connectivity index (χ0) is 12.7. The molecular formula is C12H18N2O3. The van der Waals surface area contributed by atoms with Gasteiger partial charge >= 0.3 is 0 Å². The molecule has 0 aliphatic heterocycles. The van der Waals surface area contributed by atoms with Crippen molar-refractivity contribution in [2.24, 2.45) is 5.84 Å². The number of amides is 1. The largest absolute Gasteiger partial charge is 0.497 e. The Bertz CT molecular complexity index is 380. The smallest absolute Gasteiger partial charge is 0.233 e. The molecule has 5 nitrogen and oxygen atoms in total. The minimum absolute atomic E-state index is 0.160. The zero-order valence-corrected chi connectivity index (χ0v) is 10.2. The number of hydrogen-bond acceptors (Lipinski definition) is 4. The number of benzene rings is 1. The molecular weight excluding hydrogens is 220 g/mol. The first-order valence-corrected chi connectivity index (χ1v) is 5.41. The van der Waals surface area contributed by atoms with Crippen molar-refractivity contribution in [1.29, 1.82) is 0 Å². The fourth-order valence-corrected chi connectivity index (χ4v) is 1.59. The number of methoxy groups -OCH3 is 2. The van der Waals surface area contributed by atoms with Gasteiger partial charge in [0.25, 0.3) is 0 Å². The molecule has 0 unspecified atom stereocenters. The third-order valence-electron chi connectivity index (χ3n) is 2.50. The van der Waals surface area contributed by atoms with Crippen LogP contribution in [0.2, 0.25) is 0 Å². The lowest BCUT2D eigenvalue weighted by Gasteiger charge is -2.10. The highest BCUT2D eigenvalue weighted by Crippen LogP contribution is 2.25. The molecule has 3 N–H and O–H groups in total. The summed E-state index contributed by atoms with van der Waals surface area (Å²) < 4.78 is 10.4. The molecule has 0 spiro atoms. The number of hydrazine groups is 1. The molecule has 1 amide bonds. The maximum Gasteiger partial charge on any atom is 0.233 e. The molecule has 0 aliphatic rings. The average Bonchev–Trinajstić information content (AvgIpc) is 2.38. The summed E-state index contributed by atoms with van der Waals surface area (Å²) >= 11 is 0. The number of nitrogens with one attached hydrogen (secondary N) is 1. The fraction of sp³-hybridized carbons (Fsp3) is 0.417. The van der Waals surface area contributed by atoms with E-state index in [2.05, 4.69) is 5.43 Å². The van der Waals surface area contributed by atoms with Crippen LogP contribution in [0.3, 0.4) is 0 Å². The SMILES string of the molecule is COc1ccc(OC)c(CCCC(=O)NN)c1. The maximum absolute atomic E-state index is 11.0. The van der Waals surface area contributed by atoms with Crippen LogP contribution in [0.1, 0.15) is 18.4 Å². The van der Waals surface area contributed by atoms with Crippen LogP contribution >= 0.6 is 0 Å². The van der Waals surface area contributed by atoms with Gasteiger partial charge < -0.3 is 9.47 Å². The van der Waals surface area contributed by atoms with E-state index in [1.54, 1.807) is 14.2 Å². The van der Waals surface area contributed by atoms with Crippen LogP contribution in [0.5, 0.6) is 11.5 Å². The van der Waals surface area contributed by atoms with Crippen molar-refractivity contribution in [2.75, 3.05) is 14.2 Å². The Morgan fingerprint density at radius 2 is 2.12 bits per heavy atom. The van der Waals surface area contributed by atoms with Gasteiger partial charge in [-0.1, -0.05) is 0 Å². The predicted octanol–water partition coefficient (Wildman–Crippen LogP) is 1.02. The van der Waals surface area contributed by atoms with Crippen LogP contribution in [0.4, 0.5) is 0 Å². The molecule has 1 aromatic carbocycles. The van der Waals surface area contributed by atoms with E-state index in [9.17, 15) is 4.79 Å². The molecule has 0 bridgehead atoms. The Balaban J connectivity index is 2.64. The van der Waals surface area contributed by atoms with Crippen molar-refractivity contribution in [3.8, 4) is 11.5 Å². The molecule has 0 atom stereocenters. The normalized spacial score (nSPS) is 9.82. The molecule has 0 saturated carbocycles. The van der Waals surface area contributed by atoms with Crippen molar-refractivity contribution < 1.29 is 14.3 Å². The minimum Gasteiger partial charge on any atom is -0.497 e. The third kappa shape index (κ3) is 3.96. The van der Waals surface area contributed by atoms with E-state index < -0.39 is 0 Å². The van der Waals surface area contributed by atoms with Crippen molar-refractivity contribution in [3.05, 3.63) is 23.8 Å². The van der Waals surface area contributed by atoms with E-state index >= 15 is 0 Å². The topological polar surface area (TPSA) is 73.6 Å². The standard InChI is InChI=1S/C12H18N2O3/c1-16-10-6-7-11(17-2)9(8-10)4-3-5-12(15)14-13/h6-8H,3-5,13H2,1-2H3,(H,14,15). The van der Waals surface area contributed by atoms with E-state index in [0.29, 0.717) is 12.8 Å². The van der Waals surface area contributed by atoms with E-state index in [4.69, 9.17) is 15.3 Å². The molecule has 0 fully saturated rings. The third-order valence-corrected chi connectivity index (χ3v) is 2.50. The minimum atomic E-state index is -0.160. The molecule has 17 heavy (non-hydrogen) atoms. The summed E-state index contributed by atoms with van der Waals surface area (Å²) in [6.07, 6.45) is 1.86. The summed E-state index contributed by atoms with van der Waals surface area (Å²) in [7, 11) is 3.24. The van der Waals surface area contributed by atoms with Gasteiger partial charge in [-0.25, -0.2) is 5.84 Å². The first-order valence-electron chi connectivity index (χ1n) is 5.41. The van der Waals surface area contributed by atoms with Crippen LogP contribution in [0, 0.1) is 0 Å². The Labute approximate surface area is 101 Å². The van der Waals surface area contributed by atoms with Crippen LogP contribution < -0.4 is 20.7 Å². The number of carbonyl (C=O) groups excluding carboxylic acids is 1. The first kappa shape index (κ1) is 13.3. The van der Waals surface area contributed by atoms with Crippen molar-refractivity contribution >= 4 is 5.91 Å². The summed E-state index contributed by atoms with van der Waals surface area (Å²) in [4.78, 5) is 11.0. The summed E-state index contributed by atoms with van der Waals surface area (Å²) in [6, 6.07) is 5.62. The molecule has 5 heteroatoms. The van der Waals surface area contributed by atoms with Gasteiger partial charge in [0.1, 0.15) is 11.5 Å². The summed E-state index contributed by atoms with van der Waals surface area (Å²) in [5, 5.41) is 0. The first-order chi connectivity index (χ1) is 8.21. The molecule has 0 radical (unpaired) electrons. The Hall–Kier alpha value is -1.75. The Morgan fingerprint density at radius 3 is 2.71 bits per heavy atom. The van der Waals surface area contributed by atoms with E-state index in [1.165, 1.54) is 0 Å². The van der Waals surface area contributed by atoms with E-state index in [-0.39, 0.29) is 5.91 Å². The molecule has 0 aliphatic carbocycles. The number of aryl methyl sites for hydroxylation is 1. The van der Waals surface area contributed by atoms with Crippen molar-refractivity contribution in [3.63, 3.8) is 0 Å². The number of nitrogens with two attached hydrogens (primary N) is 1. The lowest BCUT2D eigenvalue weighted by molar-refractivity contribution is -0.121. The molecule has 0 aromatic heterocycles. The number of carbonyl (C=O) groups is 1. The fourth-order valence-electron chi connectivity index (χ4n) is 1.59. The second kappa shape index (κ2) is 6.75. The van der Waals surface area contributed by atoms with Gasteiger partial charge in [-0.05, 0) is 36.6 Å². The summed E-state index contributed by atoms with van der Waals surface area (Å²) in [5.74, 6) is 6.43. The number of rotatable bonds is 6.